The number of ether oxygens (including phenoxy) is 2. The molecule has 2 aromatic rings. The van der Waals surface area contributed by atoms with Crippen molar-refractivity contribution in [3.8, 4) is 11.8 Å². The minimum atomic E-state index is -1.76. The summed E-state index contributed by atoms with van der Waals surface area (Å²) in [5.41, 5.74) is 0.496. The Balaban J connectivity index is 1.96. The second-order valence-electron chi connectivity index (χ2n) is 5.20. The minimum Gasteiger partial charge on any atom is -0.437 e. The van der Waals surface area contributed by atoms with E-state index >= 15 is 0 Å². The fourth-order valence-corrected chi connectivity index (χ4v) is 2.10. The highest BCUT2D eigenvalue weighted by Gasteiger charge is 2.43. The normalized spacial score (nSPS) is 16.1. The molecule has 110 valence electrons. The van der Waals surface area contributed by atoms with Crippen LogP contribution in [0.2, 0.25) is 0 Å². The molecule has 0 heterocycles. The molecule has 3 rings (SSSR count). The van der Waals surface area contributed by atoms with Crippen molar-refractivity contribution in [1.82, 2.24) is 0 Å². The number of benzene rings is 2. The SMILES string of the molecule is N#CC(OC(=O)C1CC1)(Oc1ccccc1)c1ccccc1. The zero-order chi connectivity index (χ0) is 15.4. The molecule has 4 nitrogen and oxygen atoms in total. The van der Waals surface area contributed by atoms with Crippen LogP contribution in [0.3, 0.4) is 0 Å². The van der Waals surface area contributed by atoms with Gasteiger partial charge in [-0.05, 0) is 25.0 Å². The predicted octanol–water partition coefficient (Wildman–Crippen LogP) is 3.40. The summed E-state index contributed by atoms with van der Waals surface area (Å²) in [5.74, 6) is -1.80. The van der Waals surface area contributed by atoms with Gasteiger partial charge < -0.3 is 9.47 Å². The molecule has 0 N–H and O–H groups in total. The Labute approximate surface area is 128 Å². The average molecular weight is 293 g/mol. The Bertz CT molecular complexity index is 689. The third-order valence-electron chi connectivity index (χ3n) is 3.46. The average Bonchev–Trinajstić information content (AvgIpc) is 3.41. The first-order chi connectivity index (χ1) is 10.7. The topological polar surface area (TPSA) is 59.3 Å². The molecule has 0 amide bonds. The molecule has 0 aromatic heterocycles. The third kappa shape index (κ3) is 2.94. The summed E-state index contributed by atoms with van der Waals surface area (Å²) in [5, 5.41) is 9.69. The summed E-state index contributed by atoms with van der Waals surface area (Å²) in [4.78, 5) is 12.1. The van der Waals surface area contributed by atoms with Gasteiger partial charge in [0.2, 0.25) is 0 Å². The third-order valence-corrected chi connectivity index (χ3v) is 3.46. The maximum Gasteiger partial charge on any atom is 0.372 e. The molecule has 1 unspecified atom stereocenters. The number of rotatable bonds is 5. The molecular weight excluding hydrogens is 278 g/mol. The Morgan fingerprint density at radius 1 is 1.05 bits per heavy atom. The van der Waals surface area contributed by atoms with Gasteiger partial charge in [0.05, 0.1) is 11.5 Å². The van der Waals surface area contributed by atoms with Crippen LogP contribution in [-0.4, -0.2) is 5.97 Å². The maximum atomic E-state index is 12.1. The summed E-state index contributed by atoms with van der Waals surface area (Å²) in [6.07, 6.45) is 1.61. The van der Waals surface area contributed by atoms with Gasteiger partial charge in [-0.25, -0.2) is 0 Å². The molecule has 0 aliphatic heterocycles. The van der Waals surface area contributed by atoms with E-state index in [-0.39, 0.29) is 11.9 Å². The van der Waals surface area contributed by atoms with Gasteiger partial charge in [0.15, 0.2) is 6.07 Å². The lowest BCUT2D eigenvalue weighted by Crippen LogP contribution is -2.37. The van der Waals surface area contributed by atoms with Crippen LogP contribution < -0.4 is 4.74 Å². The van der Waals surface area contributed by atoms with Gasteiger partial charge in [0.25, 0.3) is 0 Å². The second kappa shape index (κ2) is 5.90. The van der Waals surface area contributed by atoms with E-state index < -0.39 is 5.79 Å². The first-order valence-electron chi connectivity index (χ1n) is 7.17. The number of hydrogen-bond acceptors (Lipinski definition) is 4. The van der Waals surface area contributed by atoms with E-state index in [2.05, 4.69) is 0 Å². The maximum absolute atomic E-state index is 12.1. The molecule has 1 atom stereocenters. The molecule has 0 spiro atoms. The van der Waals surface area contributed by atoms with Gasteiger partial charge >= 0.3 is 11.8 Å². The molecule has 1 aliphatic carbocycles. The van der Waals surface area contributed by atoms with E-state index in [4.69, 9.17) is 9.47 Å². The summed E-state index contributed by atoms with van der Waals surface area (Å²) < 4.78 is 11.3. The molecule has 1 aliphatic rings. The first-order valence-corrected chi connectivity index (χ1v) is 7.17. The standard InChI is InChI=1S/C18H15NO3/c19-13-18(15-7-3-1-4-8-15,22-17(20)14-11-12-14)21-16-9-5-2-6-10-16/h1-10,14H,11-12H2. The van der Waals surface area contributed by atoms with Crippen molar-refractivity contribution in [3.05, 3.63) is 66.2 Å². The molecule has 0 saturated heterocycles. The summed E-state index contributed by atoms with van der Waals surface area (Å²) in [7, 11) is 0. The van der Waals surface area contributed by atoms with Gasteiger partial charge in [-0.15, -0.1) is 0 Å². The number of hydrogen-bond donors (Lipinski definition) is 0. The minimum absolute atomic E-state index is 0.115. The lowest BCUT2D eigenvalue weighted by Gasteiger charge is -2.27. The number of carbonyl (C=O) groups excluding carboxylic acids is 1. The summed E-state index contributed by atoms with van der Waals surface area (Å²) in [6.45, 7) is 0. The highest BCUT2D eigenvalue weighted by Crippen LogP contribution is 2.35. The summed E-state index contributed by atoms with van der Waals surface area (Å²) in [6, 6.07) is 19.7. The van der Waals surface area contributed by atoms with Gasteiger partial charge in [0, 0.05) is 0 Å². The van der Waals surface area contributed by atoms with Crippen LogP contribution in [0.15, 0.2) is 60.7 Å². The van der Waals surface area contributed by atoms with Crippen molar-refractivity contribution >= 4 is 5.97 Å². The van der Waals surface area contributed by atoms with Crippen LogP contribution in [0, 0.1) is 17.2 Å². The van der Waals surface area contributed by atoms with E-state index in [9.17, 15) is 10.1 Å². The van der Waals surface area contributed by atoms with E-state index in [1.807, 2.05) is 18.2 Å². The molecule has 4 heteroatoms. The Morgan fingerprint density at radius 2 is 1.64 bits per heavy atom. The van der Waals surface area contributed by atoms with Crippen molar-refractivity contribution < 1.29 is 14.3 Å². The zero-order valence-corrected chi connectivity index (χ0v) is 11.9. The molecular formula is C18H15NO3. The largest absolute Gasteiger partial charge is 0.437 e. The Hall–Kier alpha value is -2.80. The summed E-state index contributed by atoms with van der Waals surface area (Å²) >= 11 is 0. The first kappa shape index (κ1) is 14.2. The Kier molecular flexibility index (Phi) is 3.80. The fraction of sp³-hybridized carbons (Fsp3) is 0.222. The van der Waals surface area contributed by atoms with E-state index in [0.29, 0.717) is 11.3 Å². The van der Waals surface area contributed by atoms with Crippen LogP contribution in [0.4, 0.5) is 0 Å². The molecule has 22 heavy (non-hydrogen) atoms. The van der Waals surface area contributed by atoms with Gasteiger partial charge in [-0.2, -0.15) is 5.26 Å². The number of nitrogens with zero attached hydrogens (tertiary/aromatic N) is 1. The molecule has 0 radical (unpaired) electrons. The smallest absolute Gasteiger partial charge is 0.372 e. The monoisotopic (exact) mass is 293 g/mol. The molecule has 1 saturated carbocycles. The van der Waals surface area contributed by atoms with Crippen molar-refractivity contribution in [2.45, 2.75) is 18.6 Å². The van der Waals surface area contributed by atoms with Crippen LogP contribution in [0.5, 0.6) is 5.75 Å². The molecule has 1 fully saturated rings. The number of para-hydroxylation sites is 1. The van der Waals surface area contributed by atoms with Crippen molar-refractivity contribution in [2.24, 2.45) is 5.92 Å². The highest BCUT2D eigenvalue weighted by molar-refractivity contribution is 5.75. The highest BCUT2D eigenvalue weighted by atomic mass is 16.7. The fourth-order valence-electron chi connectivity index (χ4n) is 2.10. The zero-order valence-electron chi connectivity index (χ0n) is 11.9. The van der Waals surface area contributed by atoms with Crippen LogP contribution >= 0.6 is 0 Å². The van der Waals surface area contributed by atoms with Gasteiger partial charge in [0.1, 0.15) is 5.75 Å². The van der Waals surface area contributed by atoms with E-state index in [1.165, 1.54) is 0 Å². The lowest BCUT2D eigenvalue weighted by atomic mass is 10.1. The lowest BCUT2D eigenvalue weighted by molar-refractivity contribution is -0.185. The van der Waals surface area contributed by atoms with Gasteiger partial charge in [-0.3, -0.25) is 4.79 Å². The van der Waals surface area contributed by atoms with Crippen molar-refractivity contribution in [3.63, 3.8) is 0 Å². The number of esters is 1. The Morgan fingerprint density at radius 3 is 2.18 bits per heavy atom. The quantitative estimate of drug-likeness (QED) is 0.626. The van der Waals surface area contributed by atoms with E-state index in [1.54, 1.807) is 48.5 Å². The van der Waals surface area contributed by atoms with Gasteiger partial charge in [-0.1, -0.05) is 48.5 Å². The van der Waals surface area contributed by atoms with Crippen LogP contribution in [0.25, 0.3) is 0 Å². The van der Waals surface area contributed by atoms with Crippen LogP contribution in [0.1, 0.15) is 18.4 Å². The molecule has 2 aromatic carbocycles. The molecule has 0 bridgehead atoms. The predicted molar refractivity (Wildman–Crippen MR) is 79.6 cm³/mol. The number of carbonyl (C=O) groups is 1. The van der Waals surface area contributed by atoms with Crippen molar-refractivity contribution in [1.29, 1.82) is 5.26 Å². The second-order valence-corrected chi connectivity index (χ2v) is 5.20. The number of nitriles is 1. The van der Waals surface area contributed by atoms with Crippen molar-refractivity contribution in [2.75, 3.05) is 0 Å². The van der Waals surface area contributed by atoms with Crippen LogP contribution in [-0.2, 0) is 15.3 Å². The van der Waals surface area contributed by atoms with E-state index in [0.717, 1.165) is 12.8 Å².